The van der Waals surface area contributed by atoms with Crippen LogP contribution in [0.1, 0.15) is 156 Å². The second-order valence-electron chi connectivity index (χ2n) is 10.1. The molecular weight excluding hydrogens is 376 g/mol. The van der Waals surface area contributed by atoms with Gasteiger partial charge in [0.2, 0.25) is 0 Å². The first kappa shape index (κ1) is 28.4. The molecule has 2 heteroatoms. The molecule has 0 aromatic carbocycles. The molecule has 0 spiro atoms. The molecule has 1 aliphatic rings. The molecule has 1 rings (SSSR count). The van der Waals surface area contributed by atoms with E-state index in [9.17, 15) is 0 Å². The Bertz CT molecular complexity index is 392. The van der Waals surface area contributed by atoms with Crippen molar-refractivity contribution in [3.63, 3.8) is 0 Å². The van der Waals surface area contributed by atoms with E-state index in [0.717, 1.165) is 0 Å². The Kier molecular flexibility index (Phi) is 19.4. The topological polar surface area (TPSA) is 6.48 Å². The lowest BCUT2D eigenvalue weighted by Gasteiger charge is -2.33. The van der Waals surface area contributed by atoms with Gasteiger partial charge in [-0.15, -0.1) is 0 Å². The maximum absolute atomic E-state index is 2.67. The van der Waals surface area contributed by atoms with Crippen molar-refractivity contribution in [2.75, 3.05) is 13.1 Å². The van der Waals surface area contributed by atoms with Crippen LogP contribution >= 0.6 is 0 Å². The molecule has 0 amide bonds. The van der Waals surface area contributed by atoms with Gasteiger partial charge >= 0.3 is 0 Å². The fourth-order valence-corrected chi connectivity index (χ4v) is 4.92. The Morgan fingerprint density at radius 2 is 0.774 bits per heavy atom. The quantitative estimate of drug-likeness (QED) is 0.148. The van der Waals surface area contributed by atoms with Gasteiger partial charge in [-0.1, -0.05) is 130 Å². The van der Waals surface area contributed by atoms with Crippen molar-refractivity contribution < 1.29 is 0 Å². The summed E-state index contributed by atoms with van der Waals surface area (Å²) in [4.78, 5) is 5.31. The molecule has 0 saturated carbocycles. The van der Waals surface area contributed by atoms with E-state index in [-0.39, 0.29) is 0 Å². The van der Waals surface area contributed by atoms with E-state index >= 15 is 0 Å². The van der Waals surface area contributed by atoms with Gasteiger partial charge in [0.25, 0.3) is 0 Å². The van der Waals surface area contributed by atoms with Crippen LogP contribution in [-0.2, 0) is 0 Å². The predicted molar refractivity (Wildman–Crippen MR) is 140 cm³/mol. The van der Waals surface area contributed by atoms with Crippen LogP contribution in [0.15, 0.2) is 12.4 Å². The highest BCUT2D eigenvalue weighted by Crippen LogP contribution is 2.23. The molecule has 0 saturated heterocycles. The third-order valence-electron chi connectivity index (χ3n) is 7.07. The molecule has 2 nitrogen and oxygen atoms in total. The van der Waals surface area contributed by atoms with E-state index < -0.39 is 0 Å². The van der Waals surface area contributed by atoms with Crippen molar-refractivity contribution in [2.24, 2.45) is 0 Å². The van der Waals surface area contributed by atoms with Crippen LogP contribution in [-0.4, -0.2) is 29.1 Å². The van der Waals surface area contributed by atoms with Crippen LogP contribution in [0, 0.1) is 0 Å². The summed E-state index contributed by atoms with van der Waals surface area (Å²) in [5, 5.41) is 0. The van der Waals surface area contributed by atoms with Crippen molar-refractivity contribution >= 4 is 0 Å². The minimum atomic E-state index is 0.644. The van der Waals surface area contributed by atoms with Crippen LogP contribution < -0.4 is 0 Å². The SMILES string of the molecule is CCCCCCCCCCCCC1N(CCCC)C=CN1CCCCCCCCCC. The number of nitrogens with zero attached hydrogens (tertiary/aromatic N) is 2. The molecule has 0 fully saturated rings. The molecule has 0 aliphatic carbocycles. The average Bonchev–Trinajstić information content (AvgIpc) is 3.16. The number of rotatable bonds is 23. The van der Waals surface area contributed by atoms with E-state index in [4.69, 9.17) is 0 Å². The number of unbranched alkanes of at least 4 members (excludes halogenated alkanes) is 17. The Morgan fingerprint density at radius 3 is 1.23 bits per heavy atom. The molecule has 1 atom stereocenters. The van der Waals surface area contributed by atoms with E-state index in [1.807, 2.05) is 0 Å². The zero-order chi connectivity index (χ0) is 22.4. The van der Waals surface area contributed by atoms with Crippen LogP contribution in [0.5, 0.6) is 0 Å². The monoisotopic (exact) mass is 434 g/mol. The van der Waals surface area contributed by atoms with Gasteiger partial charge in [-0.3, -0.25) is 0 Å². The van der Waals surface area contributed by atoms with Crippen LogP contribution in [0.25, 0.3) is 0 Å². The summed E-state index contributed by atoms with van der Waals surface area (Å²) >= 11 is 0. The Balaban J connectivity index is 2.16. The Labute approximate surface area is 197 Å². The molecule has 0 aromatic heterocycles. The standard InChI is InChI=1S/C29H58N2/c1-4-7-10-12-14-16-17-18-20-22-24-29-30(25-9-6-3)27-28-31(29)26-23-21-19-15-13-11-8-5-2/h27-29H,4-26H2,1-3H3. The van der Waals surface area contributed by atoms with Crippen molar-refractivity contribution in [3.8, 4) is 0 Å². The molecule has 31 heavy (non-hydrogen) atoms. The van der Waals surface area contributed by atoms with Crippen LogP contribution in [0.4, 0.5) is 0 Å². The van der Waals surface area contributed by atoms with Crippen LogP contribution in [0.3, 0.4) is 0 Å². The van der Waals surface area contributed by atoms with Gasteiger partial charge in [-0.2, -0.15) is 0 Å². The summed E-state index contributed by atoms with van der Waals surface area (Å²) < 4.78 is 0. The molecule has 1 aliphatic heterocycles. The highest BCUT2D eigenvalue weighted by Gasteiger charge is 2.24. The number of hydrogen-bond acceptors (Lipinski definition) is 2. The highest BCUT2D eigenvalue weighted by atomic mass is 15.4. The van der Waals surface area contributed by atoms with E-state index in [2.05, 4.69) is 43.0 Å². The minimum absolute atomic E-state index is 0.644. The third-order valence-corrected chi connectivity index (χ3v) is 7.07. The lowest BCUT2D eigenvalue weighted by molar-refractivity contribution is 0.136. The Hall–Kier alpha value is -0.660. The minimum Gasteiger partial charge on any atom is -0.356 e. The zero-order valence-electron chi connectivity index (χ0n) is 21.9. The molecule has 184 valence electrons. The second kappa shape index (κ2) is 21.2. The first-order valence-corrected chi connectivity index (χ1v) is 14.5. The molecule has 1 heterocycles. The first-order chi connectivity index (χ1) is 15.3. The Morgan fingerprint density at radius 1 is 0.419 bits per heavy atom. The molecular formula is C29H58N2. The summed E-state index contributed by atoms with van der Waals surface area (Å²) in [5.41, 5.74) is 0. The third kappa shape index (κ3) is 14.9. The van der Waals surface area contributed by atoms with Gasteiger partial charge in [-0.25, -0.2) is 0 Å². The molecule has 0 N–H and O–H groups in total. The summed E-state index contributed by atoms with van der Waals surface area (Å²) in [6, 6.07) is 0. The lowest BCUT2D eigenvalue weighted by atomic mass is 10.0. The normalized spacial score (nSPS) is 16.0. The second-order valence-corrected chi connectivity index (χ2v) is 10.1. The maximum Gasteiger partial charge on any atom is 0.101 e. The van der Waals surface area contributed by atoms with Gasteiger partial charge in [0.05, 0.1) is 0 Å². The maximum atomic E-state index is 2.67. The van der Waals surface area contributed by atoms with Gasteiger partial charge in [0.15, 0.2) is 0 Å². The molecule has 0 aromatic rings. The van der Waals surface area contributed by atoms with Gasteiger partial charge in [-0.05, 0) is 25.7 Å². The smallest absolute Gasteiger partial charge is 0.101 e. The number of hydrogen-bond donors (Lipinski definition) is 0. The van der Waals surface area contributed by atoms with Crippen molar-refractivity contribution in [2.45, 2.75) is 162 Å². The van der Waals surface area contributed by atoms with Crippen molar-refractivity contribution in [3.05, 3.63) is 12.4 Å². The highest BCUT2D eigenvalue weighted by molar-refractivity contribution is 4.96. The van der Waals surface area contributed by atoms with Crippen molar-refractivity contribution in [1.29, 1.82) is 0 Å². The van der Waals surface area contributed by atoms with Gasteiger partial charge in [0, 0.05) is 25.5 Å². The first-order valence-electron chi connectivity index (χ1n) is 14.5. The fraction of sp³-hybridized carbons (Fsp3) is 0.931. The molecule has 0 bridgehead atoms. The largest absolute Gasteiger partial charge is 0.356 e. The average molecular weight is 435 g/mol. The summed E-state index contributed by atoms with van der Waals surface area (Å²) in [6.45, 7) is 9.43. The predicted octanol–water partition coefficient (Wildman–Crippen LogP) is 9.65. The van der Waals surface area contributed by atoms with E-state index in [1.54, 1.807) is 0 Å². The molecule has 1 unspecified atom stereocenters. The van der Waals surface area contributed by atoms with Crippen LogP contribution in [0.2, 0.25) is 0 Å². The van der Waals surface area contributed by atoms with Gasteiger partial charge in [0.1, 0.15) is 6.17 Å². The zero-order valence-corrected chi connectivity index (χ0v) is 21.9. The van der Waals surface area contributed by atoms with E-state index in [0.29, 0.717) is 6.17 Å². The molecule has 0 radical (unpaired) electrons. The van der Waals surface area contributed by atoms with Crippen molar-refractivity contribution in [1.82, 2.24) is 9.80 Å². The summed E-state index contributed by atoms with van der Waals surface area (Å²) in [5.74, 6) is 0. The van der Waals surface area contributed by atoms with E-state index in [1.165, 1.54) is 148 Å². The van der Waals surface area contributed by atoms with Gasteiger partial charge < -0.3 is 9.80 Å². The summed E-state index contributed by atoms with van der Waals surface area (Å²) in [6.07, 6.45) is 35.1. The fourth-order valence-electron chi connectivity index (χ4n) is 4.92. The summed E-state index contributed by atoms with van der Waals surface area (Å²) in [7, 11) is 0. The lowest BCUT2D eigenvalue weighted by Crippen LogP contribution is -2.39.